The molecule has 172 valence electrons. The fourth-order valence-corrected chi connectivity index (χ4v) is 12.6. The van der Waals surface area contributed by atoms with Crippen LogP contribution in [0.4, 0.5) is 0 Å². The minimum atomic E-state index is -1.78. The number of aliphatic hydroxyl groups excluding tert-OH is 1. The van der Waals surface area contributed by atoms with E-state index in [1.54, 1.807) is 6.92 Å². The van der Waals surface area contributed by atoms with Gasteiger partial charge in [-0.2, -0.15) is 0 Å². The van der Waals surface area contributed by atoms with E-state index in [9.17, 15) is 9.90 Å². The molecule has 0 rings (SSSR count). The number of esters is 1. The predicted octanol–water partition coefficient (Wildman–Crippen LogP) is 4.51. The van der Waals surface area contributed by atoms with Crippen molar-refractivity contribution in [1.29, 1.82) is 0 Å². The molecule has 0 aliphatic heterocycles. The lowest BCUT2D eigenvalue weighted by Crippen LogP contribution is -2.47. The first kappa shape index (κ1) is 28.5. The highest BCUT2D eigenvalue weighted by molar-refractivity contribution is 6.85. The number of carbonyl (C=O) groups is 1. The number of aliphatic hydroxyl groups is 1. The Hall–Kier alpha value is -0.516. The highest BCUT2D eigenvalue weighted by Crippen LogP contribution is 2.27. The molecule has 6 nitrogen and oxygen atoms in total. The van der Waals surface area contributed by atoms with Gasteiger partial charge in [0.05, 0.1) is 6.61 Å². The normalized spacial score (nSPS) is 15.0. The van der Waals surface area contributed by atoms with Crippen molar-refractivity contribution < 1.29 is 28.2 Å². The van der Waals surface area contributed by atoms with E-state index in [1.165, 1.54) is 18.9 Å². The van der Waals surface area contributed by atoms with Gasteiger partial charge in [0, 0.05) is 25.4 Å². The Morgan fingerprint density at radius 2 is 1.69 bits per heavy atom. The van der Waals surface area contributed by atoms with Crippen molar-refractivity contribution in [2.75, 3.05) is 33.0 Å². The standard InChI is InChI=1S/C21H44O6Si2/c1-8-10-15-29(7,16-13-24-9-2)27-28(5,6)14-11-12-25-17-20(22)18-26-21(23)19(3)4/h20,22H,3,8-18H2,1-2,4-7H3. The molecule has 0 aromatic rings. The van der Waals surface area contributed by atoms with E-state index in [0.717, 1.165) is 31.7 Å². The molecule has 8 heteroatoms. The summed E-state index contributed by atoms with van der Waals surface area (Å²) in [6.45, 7) is 18.5. The van der Waals surface area contributed by atoms with Crippen molar-refractivity contribution >= 4 is 22.6 Å². The van der Waals surface area contributed by atoms with Gasteiger partial charge < -0.3 is 23.4 Å². The van der Waals surface area contributed by atoms with Crippen LogP contribution in [0.2, 0.25) is 37.8 Å². The van der Waals surface area contributed by atoms with Gasteiger partial charge in [-0.05, 0) is 58.0 Å². The maximum atomic E-state index is 11.3. The molecule has 2 atom stereocenters. The van der Waals surface area contributed by atoms with Gasteiger partial charge in [0.25, 0.3) is 0 Å². The van der Waals surface area contributed by atoms with E-state index in [1.807, 2.05) is 6.92 Å². The third kappa shape index (κ3) is 15.0. The number of unbranched alkanes of at least 4 members (excludes halogenated alkanes) is 1. The third-order valence-corrected chi connectivity index (χ3v) is 13.1. The minimum absolute atomic E-state index is 0.0732. The molecule has 0 aromatic heterocycles. The molecule has 0 aliphatic carbocycles. The molecule has 0 aromatic carbocycles. The highest BCUT2D eigenvalue weighted by Gasteiger charge is 2.35. The largest absolute Gasteiger partial charge is 0.460 e. The van der Waals surface area contributed by atoms with E-state index < -0.39 is 28.7 Å². The molecule has 0 aliphatic rings. The molecular weight excluding hydrogens is 404 g/mol. The third-order valence-electron chi connectivity index (χ3n) is 4.69. The van der Waals surface area contributed by atoms with Gasteiger partial charge in [0.15, 0.2) is 16.6 Å². The second-order valence-electron chi connectivity index (χ2n) is 8.57. The van der Waals surface area contributed by atoms with Crippen LogP contribution in [-0.4, -0.2) is 66.8 Å². The Balaban J connectivity index is 4.24. The Kier molecular flexibility index (Phi) is 15.0. The second kappa shape index (κ2) is 15.3. The van der Waals surface area contributed by atoms with Gasteiger partial charge in [0.2, 0.25) is 0 Å². The van der Waals surface area contributed by atoms with E-state index in [-0.39, 0.29) is 13.2 Å². The smallest absolute Gasteiger partial charge is 0.333 e. The van der Waals surface area contributed by atoms with E-state index in [0.29, 0.717) is 12.2 Å². The fraction of sp³-hybridized carbons (Fsp3) is 0.857. The van der Waals surface area contributed by atoms with Crippen molar-refractivity contribution in [3.63, 3.8) is 0 Å². The average Bonchev–Trinajstić information content (AvgIpc) is 2.63. The SMILES string of the molecule is C=C(C)C(=O)OCC(O)COCCC[Si](C)(C)O[Si](C)(CCCC)CCOCC. The van der Waals surface area contributed by atoms with Crippen LogP contribution in [0, 0.1) is 0 Å². The lowest BCUT2D eigenvalue weighted by molar-refractivity contribution is -0.143. The van der Waals surface area contributed by atoms with Crippen molar-refractivity contribution in [2.24, 2.45) is 0 Å². The summed E-state index contributed by atoms with van der Waals surface area (Å²) >= 11 is 0. The zero-order chi connectivity index (χ0) is 22.3. The van der Waals surface area contributed by atoms with Crippen LogP contribution >= 0.6 is 0 Å². The Bertz CT molecular complexity index is 472. The van der Waals surface area contributed by atoms with Crippen LogP contribution in [0.15, 0.2) is 12.2 Å². The summed E-state index contributed by atoms with van der Waals surface area (Å²) in [6, 6.07) is 3.28. The molecule has 0 saturated heterocycles. The summed E-state index contributed by atoms with van der Waals surface area (Å²) in [5.41, 5.74) is 0.320. The van der Waals surface area contributed by atoms with Crippen LogP contribution in [0.25, 0.3) is 0 Å². The molecule has 0 bridgehead atoms. The average molecular weight is 449 g/mol. The van der Waals surface area contributed by atoms with Crippen molar-refractivity contribution in [1.82, 2.24) is 0 Å². The summed E-state index contributed by atoms with van der Waals surface area (Å²) in [7, 11) is -3.54. The van der Waals surface area contributed by atoms with Gasteiger partial charge >= 0.3 is 5.97 Å². The maximum Gasteiger partial charge on any atom is 0.333 e. The maximum absolute atomic E-state index is 11.3. The summed E-state index contributed by atoms with van der Waals surface area (Å²) in [4.78, 5) is 11.3. The van der Waals surface area contributed by atoms with Crippen LogP contribution in [-0.2, 0) is 23.1 Å². The second-order valence-corrected chi connectivity index (χ2v) is 17.3. The Morgan fingerprint density at radius 3 is 2.28 bits per heavy atom. The van der Waals surface area contributed by atoms with Crippen LogP contribution in [0.5, 0.6) is 0 Å². The summed E-state index contributed by atoms with van der Waals surface area (Å²) in [5, 5.41) is 9.82. The van der Waals surface area contributed by atoms with E-state index in [2.05, 4.69) is 33.1 Å². The minimum Gasteiger partial charge on any atom is -0.460 e. The molecule has 0 fully saturated rings. The van der Waals surface area contributed by atoms with Crippen molar-refractivity contribution in [2.45, 2.75) is 83.9 Å². The molecular formula is C21H44O6Si2. The summed E-state index contributed by atoms with van der Waals surface area (Å²) < 4.78 is 22.9. The lowest BCUT2D eigenvalue weighted by atomic mass is 10.3. The zero-order valence-corrected chi connectivity index (χ0v) is 21.6. The van der Waals surface area contributed by atoms with Crippen molar-refractivity contribution in [3.8, 4) is 0 Å². The molecule has 0 heterocycles. The van der Waals surface area contributed by atoms with Crippen LogP contribution < -0.4 is 0 Å². The van der Waals surface area contributed by atoms with E-state index >= 15 is 0 Å². The van der Waals surface area contributed by atoms with Gasteiger partial charge in [-0.3, -0.25) is 0 Å². The Labute approximate surface area is 180 Å². The van der Waals surface area contributed by atoms with Gasteiger partial charge in [0.1, 0.15) is 12.7 Å². The number of ether oxygens (including phenoxy) is 3. The van der Waals surface area contributed by atoms with Gasteiger partial charge in [-0.1, -0.05) is 26.3 Å². The van der Waals surface area contributed by atoms with Gasteiger partial charge in [-0.15, -0.1) is 0 Å². The first-order valence-corrected chi connectivity index (χ1v) is 16.9. The number of hydrogen-bond donors (Lipinski definition) is 1. The predicted molar refractivity (Wildman–Crippen MR) is 123 cm³/mol. The van der Waals surface area contributed by atoms with E-state index in [4.69, 9.17) is 18.3 Å². The summed E-state index contributed by atoms with van der Waals surface area (Å²) in [5.74, 6) is -0.492. The monoisotopic (exact) mass is 448 g/mol. The van der Waals surface area contributed by atoms with Gasteiger partial charge in [-0.25, -0.2) is 4.79 Å². The molecule has 2 unspecified atom stereocenters. The quantitative estimate of drug-likeness (QED) is 0.144. The molecule has 0 saturated carbocycles. The summed E-state index contributed by atoms with van der Waals surface area (Å²) in [6.07, 6.45) is 2.50. The first-order valence-electron chi connectivity index (χ1n) is 10.9. The number of carbonyl (C=O) groups excluding carboxylic acids is 1. The zero-order valence-electron chi connectivity index (χ0n) is 19.6. The van der Waals surface area contributed by atoms with Crippen molar-refractivity contribution in [3.05, 3.63) is 12.2 Å². The molecule has 0 spiro atoms. The Morgan fingerprint density at radius 1 is 1.00 bits per heavy atom. The number of hydrogen-bond acceptors (Lipinski definition) is 6. The molecule has 1 N–H and O–H groups in total. The molecule has 0 amide bonds. The topological polar surface area (TPSA) is 74.2 Å². The lowest BCUT2D eigenvalue weighted by Gasteiger charge is -2.37. The number of rotatable bonds is 18. The fourth-order valence-electron chi connectivity index (χ4n) is 3.09. The first-order chi connectivity index (χ1) is 13.5. The van der Waals surface area contributed by atoms with Crippen LogP contribution in [0.3, 0.4) is 0 Å². The molecule has 29 heavy (non-hydrogen) atoms. The highest BCUT2D eigenvalue weighted by atomic mass is 28.4. The molecule has 0 radical (unpaired) electrons. The van der Waals surface area contributed by atoms with Crippen LogP contribution in [0.1, 0.15) is 40.0 Å².